The third-order valence-electron chi connectivity index (χ3n) is 4.88. The minimum atomic E-state index is -0.569. The summed E-state index contributed by atoms with van der Waals surface area (Å²) >= 11 is 0. The number of para-hydroxylation sites is 1. The lowest BCUT2D eigenvalue weighted by molar-refractivity contribution is -0.151. The summed E-state index contributed by atoms with van der Waals surface area (Å²) in [6.45, 7) is 5.64. The largest absolute Gasteiger partial charge is 0.455 e. The lowest BCUT2D eigenvalue weighted by Gasteiger charge is -2.18. The van der Waals surface area contributed by atoms with Gasteiger partial charge in [0.2, 0.25) is 5.91 Å². The van der Waals surface area contributed by atoms with E-state index in [-0.39, 0.29) is 25.5 Å². The molecule has 2 aromatic rings. The summed E-state index contributed by atoms with van der Waals surface area (Å²) in [6, 6.07) is 13.3. The Morgan fingerprint density at radius 1 is 1.11 bits per heavy atom. The van der Waals surface area contributed by atoms with Gasteiger partial charge in [0, 0.05) is 24.3 Å². The Bertz CT molecular complexity index is 923. The summed E-state index contributed by atoms with van der Waals surface area (Å²) in [6.07, 6.45) is 0.0891. The van der Waals surface area contributed by atoms with Crippen molar-refractivity contribution in [3.05, 3.63) is 59.2 Å². The second-order valence-electron chi connectivity index (χ2n) is 7.17. The maximum Gasteiger partial charge on any atom is 0.311 e. The molecule has 146 valence electrons. The van der Waals surface area contributed by atoms with Gasteiger partial charge in [-0.25, -0.2) is 0 Å². The number of hydrogen-bond donors (Lipinski definition) is 1. The molecule has 0 bridgehead atoms. The molecule has 2 amide bonds. The number of benzene rings is 2. The quantitative estimate of drug-likeness (QED) is 0.809. The van der Waals surface area contributed by atoms with E-state index in [4.69, 9.17) is 4.74 Å². The van der Waals surface area contributed by atoms with Crippen molar-refractivity contribution in [2.45, 2.75) is 27.2 Å². The van der Waals surface area contributed by atoms with E-state index in [0.717, 1.165) is 22.4 Å². The van der Waals surface area contributed by atoms with Crippen LogP contribution in [0.2, 0.25) is 0 Å². The number of anilines is 2. The van der Waals surface area contributed by atoms with Crippen LogP contribution >= 0.6 is 0 Å². The summed E-state index contributed by atoms with van der Waals surface area (Å²) in [5.74, 6) is -1.61. The molecule has 1 saturated heterocycles. The summed E-state index contributed by atoms with van der Waals surface area (Å²) in [5.41, 5.74) is 4.43. The highest BCUT2D eigenvalue weighted by Crippen LogP contribution is 2.28. The molecule has 6 heteroatoms. The van der Waals surface area contributed by atoms with E-state index < -0.39 is 17.8 Å². The van der Waals surface area contributed by atoms with Crippen molar-refractivity contribution < 1.29 is 19.1 Å². The molecule has 1 fully saturated rings. The Morgan fingerprint density at radius 3 is 2.61 bits per heavy atom. The van der Waals surface area contributed by atoms with E-state index in [0.29, 0.717) is 5.69 Å². The molecule has 28 heavy (non-hydrogen) atoms. The van der Waals surface area contributed by atoms with Gasteiger partial charge in [0.05, 0.1) is 5.92 Å². The number of carbonyl (C=O) groups is 3. The fourth-order valence-electron chi connectivity index (χ4n) is 3.28. The van der Waals surface area contributed by atoms with Crippen molar-refractivity contribution in [2.24, 2.45) is 5.92 Å². The second kappa shape index (κ2) is 8.25. The smallest absolute Gasteiger partial charge is 0.311 e. The Balaban J connectivity index is 1.55. The summed E-state index contributed by atoms with van der Waals surface area (Å²) in [7, 11) is 0. The maximum atomic E-state index is 12.3. The Labute approximate surface area is 164 Å². The lowest BCUT2D eigenvalue weighted by atomic mass is 10.1. The van der Waals surface area contributed by atoms with Gasteiger partial charge in [0.1, 0.15) is 0 Å². The number of rotatable bonds is 5. The van der Waals surface area contributed by atoms with Crippen molar-refractivity contribution in [2.75, 3.05) is 23.4 Å². The molecule has 3 rings (SSSR count). The van der Waals surface area contributed by atoms with Crippen LogP contribution in [0, 0.1) is 26.7 Å². The van der Waals surface area contributed by atoms with Crippen molar-refractivity contribution in [3.8, 4) is 0 Å². The number of hydrogen-bond acceptors (Lipinski definition) is 4. The third-order valence-corrected chi connectivity index (χ3v) is 4.88. The number of carbonyl (C=O) groups excluding carboxylic acids is 3. The molecule has 1 N–H and O–H groups in total. The monoisotopic (exact) mass is 380 g/mol. The predicted octanol–water partition coefficient (Wildman–Crippen LogP) is 3.15. The highest BCUT2D eigenvalue weighted by molar-refractivity contribution is 6.00. The third kappa shape index (κ3) is 4.39. The predicted molar refractivity (Wildman–Crippen MR) is 107 cm³/mol. The van der Waals surface area contributed by atoms with Crippen LogP contribution in [0.25, 0.3) is 0 Å². The van der Waals surface area contributed by atoms with Crippen LogP contribution in [0.1, 0.15) is 23.1 Å². The van der Waals surface area contributed by atoms with Gasteiger partial charge >= 0.3 is 5.97 Å². The van der Waals surface area contributed by atoms with Gasteiger partial charge in [-0.2, -0.15) is 0 Å². The summed E-state index contributed by atoms with van der Waals surface area (Å²) < 4.78 is 5.16. The zero-order valence-corrected chi connectivity index (χ0v) is 16.3. The van der Waals surface area contributed by atoms with Crippen LogP contribution < -0.4 is 10.2 Å². The van der Waals surface area contributed by atoms with Gasteiger partial charge in [-0.1, -0.05) is 30.3 Å². The number of ether oxygens (including phenoxy) is 1. The Hall–Kier alpha value is -3.15. The van der Waals surface area contributed by atoms with Gasteiger partial charge in [0.15, 0.2) is 6.61 Å². The lowest BCUT2D eigenvalue weighted by Crippen LogP contribution is -2.28. The molecular formula is C22H24N2O4. The molecule has 2 aromatic carbocycles. The molecule has 6 nitrogen and oxygen atoms in total. The molecule has 0 unspecified atom stereocenters. The molecule has 1 heterocycles. The van der Waals surface area contributed by atoms with Gasteiger partial charge < -0.3 is 15.0 Å². The standard InChI is InChI=1S/C22H24N2O4/c1-14-8-9-15(2)18(10-14)23-20(25)13-28-22(27)17-11-21(26)24(12-17)19-7-5-4-6-16(19)3/h4-10,17H,11-13H2,1-3H3,(H,23,25)/t17-/m1/s1. The first-order valence-electron chi connectivity index (χ1n) is 9.25. The van der Waals surface area contributed by atoms with Gasteiger partial charge in [-0.3, -0.25) is 14.4 Å². The van der Waals surface area contributed by atoms with Crippen LogP contribution in [0.4, 0.5) is 11.4 Å². The number of amides is 2. The molecule has 1 aliphatic rings. The van der Waals surface area contributed by atoms with Crippen molar-refractivity contribution >= 4 is 29.2 Å². The fourth-order valence-corrected chi connectivity index (χ4v) is 3.28. The highest BCUT2D eigenvalue weighted by atomic mass is 16.5. The van der Waals surface area contributed by atoms with E-state index in [9.17, 15) is 14.4 Å². The van der Waals surface area contributed by atoms with Gasteiger partial charge in [-0.15, -0.1) is 0 Å². The van der Waals surface area contributed by atoms with Gasteiger partial charge in [0.25, 0.3) is 5.91 Å². The molecule has 0 radical (unpaired) electrons. The normalized spacial score (nSPS) is 16.2. The summed E-state index contributed by atoms with van der Waals surface area (Å²) in [4.78, 5) is 38.4. The first-order chi connectivity index (χ1) is 13.3. The van der Waals surface area contributed by atoms with Crippen molar-refractivity contribution in [1.29, 1.82) is 0 Å². The second-order valence-corrected chi connectivity index (χ2v) is 7.17. The van der Waals surface area contributed by atoms with Crippen molar-refractivity contribution in [3.63, 3.8) is 0 Å². The first-order valence-corrected chi connectivity index (χ1v) is 9.25. The van der Waals surface area contributed by atoms with E-state index in [1.54, 1.807) is 4.90 Å². The Kier molecular flexibility index (Phi) is 5.78. The van der Waals surface area contributed by atoms with Crippen LogP contribution in [0.3, 0.4) is 0 Å². The highest BCUT2D eigenvalue weighted by Gasteiger charge is 2.36. The number of nitrogens with one attached hydrogen (secondary N) is 1. The number of aryl methyl sites for hydroxylation is 3. The minimum absolute atomic E-state index is 0.0891. The maximum absolute atomic E-state index is 12.3. The van der Waals surface area contributed by atoms with E-state index in [2.05, 4.69) is 5.32 Å². The molecule has 0 aliphatic carbocycles. The van der Waals surface area contributed by atoms with Crippen LogP contribution in [-0.2, 0) is 19.1 Å². The number of nitrogens with zero attached hydrogens (tertiary/aromatic N) is 1. The zero-order chi connectivity index (χ0) is 20.3. The topological polar surface area (TPSA) is 75.7 Å². The van der Waals surface area contributed by atoms with Crippen LogP contribution in [0.5, 0.6) is 0 Å². The molecule has 0 spiro atoms. The fraction of sp³-hybridized carbons (Fsp3) is 0.318. The molecule has 1 aliphatic heterocycles. The van der Waals surface area contributed by atoms with E-state index in [1.807, 2.05) is 63.2 Å². The van der Waals surface area contributed by atoms with Crippen molar-refractivity contribution in [1.82, 2.24) is 0 Å². The Morgan fingerprint density at radius 2 is 1.86 bits per heavy atom. The summed E-state index contributed by atoms with van der Waals surface area (Å²) in [5, 5.41) is 2.75. The SMILES string of the molecule is Cc1ccc(C)c(NC(=O)COC(=O)[C@@H]2CC(=O)N(c3ccccc3C)C2)c1. The number of esters is 1. The molecule has 1 atom stereocenters. The molecule has 0 saturated carbocycles. The molecule has 0 aromatic heterocycles. The van der Waals surface area contributed by atoms with Crippen LogP contribution in [0.15, 0.2) is 42.5 Å². The van der Waals surface area contributed by atoms with E-state index in [1.165, 1.54) is 0 Å². The molecular weight excluding hydrogens is 356 g/mol. The zero-order valence-electron chi connectivity index (χ0n) is 16.3. The van der Waals surface area contributed by atoms with E-state index >= 15 is 0 Å². The average Bonchev–Trinajstić information content (AvgIpc) is 3.05. The average molecular weight is 380 g/mol. The minimum Gasteiger partial charge on any atom is -0.455 e. The van der Waals surface area contributed by atoms with Crippen LogP contribution in [-0.4, -0.2) is 30.9 Å². The van der Waals surface area contributed by atoms with Gasteiger partial charge in [-0.05, 0) is 49.6 Å². The first kappa shape index (κ1) is 19.6.